The Morgan fingerprint density at radius 1 is 1.04 bits per heavy atom. The van der Waals surface area contributed by atoms with Crippen LogP contribution >= 0.6 is 0 Å². The average Bonchev–Trinajstić information content (AvgIpc) is 2.71. The minimum atomic E-state index is -0.506. The van der Waals surface area contributed by atoms with Crippen LogP contribution in [0.2, 0.25) is 0 Å². The Balaban J connectivity index is 2.13. The van der Waals surface area contributed by atoms with E-state index >= 15 is 0 Å². The molecule has 25 heavy (non-hydrogen) atoms. The maximum atomic E-state index is 11.9. The van der Waals surface area contributed by atoms with Gasteiger partial charge in [0.25, 0.3) is 11.8 Å². The lowest BCUT2D eigenvalue weighted by molar-refractivity contribution is -0.517. The summed E-state index contributed by atoms with van der Waals surface area (Å²) >= 11 is 0. The number of rotatable bonds is 11. The Kier molecular flexibility index (Phi) is 8.25. The Morgan fingerprint density at radius 3 is 2.20 bits per heavy atom. The molecule has 0 saturated carbocycles. The number of carbonyl (C=O) groups is 3. The predicted octanol–water partition coefficient (Wildman–Crippen LogP) is 3.24. The molecular weight excluding hydrogens is 326 g/mol. The molecule has 0 aliphatic carbocycles. The second kappa shape index (κ2) is 9.68. The quantitative estimate of drug-likeness (QED) is 0.245. The minimum Gasteiger partial charge on any atom is -0.275 e. The number of hydrogen-bond acceptors (Lipinski definition) is 6. The van der Waals surface area contributed by atoms with Gasteiger partial charge in [-0.25, -0.2) is 4.79 Å². The maximum Gasteiger partial charge on any atom is 0.345 e. The third-order valence-electron chi connectivity index (χ3n) is 4.20. The minimum absolute atomic E-state index is 0.190. The standard InChI is InChI=1S/C18H29NO6/c1-6-11-18(4,5)24-25-23-15(20)10-8-7-9-12-19-16(21)13(2)14(3)17(19)22/h6-12H2,1-5H3. The molecule has 7 nitrogen and oxygen atoms in total. The molecule has 0 aromatic rings. The highest BCUT2D eigenvalue weighted by molar-refractivity contribution is 6.18. The Bertz CT molecular complexity index is 514. The molecule has 0 bridgehead atoms. The monoisotopic (exact) mass is 355 g/mol. The van der Waals surface area contributed by atoms with Crippen LogP contribution < -0.4 is 0 Å². The molecule has 0 unspecified atom stereocenters. The summed E-state index contributed by atoms with van der Waals surface area (Å²) in [4.78, 5) is 46.2. The van der Waals surface area contributed by atoms with Crippen molar-refractivity contribution < 1.29 is 29.2 Å². The van der Waals surface area contributed by atoms with Crippen molar-refractivity contribution in [1.29, 1.82) is 0 Å². The molecule has 2 amide bonds. The van der Waals surface area contributed by atoms with Gasteiger partial charge >= 0.3 is 5.97 Å². The van der Waals surface area contributed by atoms with E-state index in [0.717, 1.165) is 12.8 Å². The fourth-order valence-electron chi connectivity index (χ4n) is 2.57. The molecule has 1 rings (SSSR count). The van der Waals surface area contributed by atoms with Gasteiger partial charge in [0, 0.05) is 24.1 Å². The number of imide groups is 1. The van der Waals surface area contributed by atoms with Crippen molar-refractivity contribution in [2.45, 2.75) is 78.7 Å². The SMILES string of the molecule is CCCC(C)(C)OOOC(=O)CCCCCN1C(=O)C(C)=C(C)C1=O. The summed E-state index contributed by atoms with van der Waals surface area (Å²) in [6.07, 6.45) is 3.84. The molecule has 0 fully saturated rings. The second-order valence-electron chi connectivity index (χ2n) is 6.94. The first-order chi connectivity index (χ1) is 11.7. The molecule has 0 atom stereocenters. The molecule has 0 radical (unpaired) electrons. The summed E-state index contributed by atoms with van der Waals surface area (Å²) in [5.41, 5.74) is 0.516. The summed E-state index contributed by atoms with van der Waals surface area (Å²) in [5.74, 6) is -0.946. The van der Waals surface area contributed by atoms with Gasteiger partial charge in [0.05, 0.1) is 0 Å². The first-order valence-electron chi connectivity index (χ1n) is 8.78. The van der Waals surface area contributed by atoms with Gasteiger partial charge < -0.3 is 0 Å². The molecule has 1 aliphatic heterocycles. The van der Waals surface area contributed by atoms with E-state index in [9.17, 15) is 14.4 Å². The highest BCUT2D eigenvalue weighted by Crippen LogP contribution is 2.20. The zero-order valence-electron chi connectivity index (χ0n) is 15.8. The van der Waals surface area contributed by atoms with Crippen LogP contribution in [0.5, 0.6) is 0 Å². The van der Waals surface area contributed by atoms with Crippen molar-refractivity contribution >= 4 is 17.8 Å². The lowest BCUT2D eigenvalue weighted by Gasteiger charge is -2.20. The van der Waals surface area contributed by atoms with Gasteiger partial charge in [-0.05, 0) is 52.0 Å². The van der Waals surface area contributed by atoms with Crippen LogP contribution in [0.1, 0.15) is 73.1 Å². The van der Waals surface area contributed by atoms with E-state index in [-0.39, 0.29) is 18.2 Å². The topological polar surface area (TPSA) is 82.1 Å². The lowest BCUT2D eigenvalue weighted by atomic mass is 10.0. The van der Waals surface area contributed by atoms with Gasteiger partial charge in [0.15, 0.2) is 0 Å². The van der Waals surface area contributed by atoms with Crippen molar-refractivity contribution in [3.63, 3.8) is 0 Å². The fourth-order valence-corrected chi connectivity index (χ4v) is 2.57. The largest absolute Gasteiger partial charge is 0.345 e. The number of hydrogen-bond donors (Lipinski definition) is 0. The first-order valence-corrected chi connectivity index (χ1v) is 8.78. The van der Waals surface area contributed by atoms with Crippen LogP contribution in [0, 0.1) is 0 Å². The molecule has 0 aromatic carbocycles. The van der Waals surface area contributed by atoms with Gasteiger partial charge in [0.2, 0.25) is 0 Å². The van der Waals surface area contributed by atoms with Crippen molar-refractivity contribution in [2.24, 2.45) is 0 Å². The van der Waals surface area contributed by atoms with Crippen LogP contribution in [0.4, 0.5) is 0 Å². The molecule has 0 aromatic heterocycles. The van der Waals surface area contributed by atoms with Crippen molar-refractivity contribution in [3.8, 4) is 0 Å². The van der Waals surface area contributed by atoms with Gasteiger partial charge in [-0.2, -0.15) is 4.89 Å². The smallest absolute Gasteiger partial charge is 0.275 e. The Morgan fingerprint density at radius 2 is 1.64 bits per heavy atom. The summed E-state index contributed by atoms with van der Waals surface area (Å²) < 4.78 is 0. The van der Waals surface area contributed by atoms with E-state index < -0.39 is 11.6 Å². The van der Waals surface area contributed by atoms with E-state index in [1.165, 1.54) is 4.90 Å². The zero-order chi connectivity index (χ0) is 19.0. The normalized spacial score (nSPS) is 15.3. The molecular formula is C18H29NO6. The van der Waals surface area contributed by atoms with Crippen molar-refractivity contribution in [3.05, 3.63) is 11.1 Å². The van der Waals surface area contributed by atoms with E-state index in [1.807, 2.05) is 20.8 Å². The van der Waals surface area contributed by atoms with E-state index in [2.05, 4.69) is 9.93 Å². The highest BCUT2D eigenvalue weighted by atomic mass is 17.5. The van der Waals surface area contributed by atoms with E-state index in [0.29, 0.717) is 37.0 Å². The number of nitrogens with zero attached hydrogens (tertiary/aromatic N) is 1. The van der Waals surface area contributed by atoms with Crippen molar-refractivity contribution in [2.75, 3.05) is 6.54 Å². The second-order valence-corrected chi connectivity index (χ2v) is 6.94. The third kappa shape index (κ3) is 6.59. The molecule has 1 aliphatic rings. The molecule has 7 heteroatoms. The van der Waals surface area contributed by atoms with Crippen LogP contribution in [0.15, 0.2) is 11.1 Å². The fraction of sp³-hybridized carbons (Fsp3) is 0.722. The van der Waals surface area contributed by atoms with Crippen LogP contribution in [0.25, 0.3) is 0 Å². The zero-order valence-corrected chi connectivity index (χ0v) is 15.8. The van der Waals surface area contributed by atoms with Crippen LogP contribution in [0.3, 0.4) is 0 Å². The molecule has 0 saturated heterocycles. The van der Waals surface area contributed by atoms with E-state index in [1.54, 1.807) is 13.8 Å². The predicted molar refractivity (Wildman–Crippen MR) is 90.8 cm³/mol. The maximum absolute atomic E-state index is 11.9. The lowest BCUT2D eigenvalue weighted by Crippen LogP contribution is -2.32. The summed E-state index contributed by atoms with van der Waals surface area (Å²) in [5, 5.41) is 4.55. The molecule has 0 N–H and O–H groups in total. The molecule has 1 heterocycles. The van der Waals surface area contributed by atoms with Crippen LogP contribution in [-0.2, 0) is 29.2 Å². The van der Waals surface area contributed by atoms with Crippen molar-refractivity contribution in [1.82, 2.24) is 4.90 Å². The summed E-state index contributed by atoms with van der Waals surface area (Å²) in [6, 6.07) is 0. The van der Waals surface area contributed by atoms with Gasteiger partial charge in [-0.1, -0.05) is 19.8 Å². The summed E-state index contributed by atoms with van der Waals surface area (Å²) in [7, 11) is 0. The number of amides is 2. The Labute approximate surface area is 149 Å². The Hall–Kier alpha value is -1.73. The summed E-state index contributed by atoms with van der Waals surface area (Å²) in [6.45, 7) is 9.42. The van der Waals surface area contributed by atoms with Gasteiger partial charge in [0.1, 0.15) is 5.60 Å². The molecule has 0 spiro atoms. The molecule has 142 valence electrons. The number of carbonyl (C=O) groups excluding carboxylic acids is 3. The first kappa shape index (κ1) is 21.3. The van der Waals surface area contributed by atoms with Gasteiger partial charge in [-0.15, -0.1) is 0 Å². The van der Waals surface area contributed by atoms with E-state index in [4.69, 9.17) is 4.89 Å². The highest BCUT2D eigenvalue weighted by Gasteiger charge is 2.32. The average molecular weight is 355 g/mol. The van der Waals surface area contributed by atoms with Gasteiger partial charge in [-0.3, -0.25) is 19.4 Å². The third-order valence-corrected chi connectivity index (χ3v) is 4.20. The van der Waals surface area contributed by atoms with Crippen LogP contribution in [-0.4, -0.2) is 34.8 Å². The number of unbranched alkanes of at least 4 members (excludes halogenated alkanes) is 2.